The molecule has 0 N–H and O–H groups in total. The number of Topliss-reactive ketones (excluding diaryl/α,β-unsaturated/α-hetero) is 1. The Morgan fingerprint density at radius 1 is 0.792 bits per heavy atom. The van der Waals surface area contributed by atoms with Crippen LogP contribution in [0.3, 0.4) is 0 Å². The molecule has 11 heteroatoms. The highest BCUT2D eigenvalue weighted by molar-refractivity contribution is 14.1. The summed E-state index contributed by atoms with van der Waals surface area (Å²) in [6.45, 7) is 46.5. The van der Waals surface area contributed by atoms with Crippen LogP contribution in [0.15, 0.2) is 10.2 Å². The normalized spacial score (nSPS) is 22.3. The van der Waals surface area contributed by atoms with E-state index < -0.39 is 33.3 Å². The van der Waals surface area contributed by atoms with E-state index in [4.69, 9.17) is 22.4 Å². The van der Waals surface area contributed by atoms with Gasteiger partial charge in [-0.25, -0.2) is 0 Å². The largest absolute Gasteiger partial charge is 0.414 e. The quantitative estimate of drug-likeness (QED) is 0.0796. The molecule has 53 heavy (non-hydrogen) atoms. The van der Waals surface area contributed by atoms with Gasteiger partial charge in [0.25, 0.3) is 0 Å². The lowest BCUT2D eigenvalue weighted by Gasteiger charge is -2.41. The summed E-state index contributed by atoms with van der Waals surface area (Å²) in [5.41, 5.74) is 0. The van der Waals surface area contributed by atoms with E-state index in [2.05, 4.69) is 165 Å². The van der Waals surface area contributed by atoms with E-state index in [1.165, 1.54) is 0 Å². The first-order valence-electron chi connectivity index (χ1n) is 21.0. The summed E-state index contributed by atoms with van der Waals surface area (Å²) in [6, 6.07) is 3.31. The molecule has 2 unspecified atom stereocenters. The fourth-order valence-corrected chi connectivity index (χ4v) is 13.5. The van der Waals surface area contributed by atoms with E-state index in [0.29, 0.717) is 19.4 Å². The smallest absolute Gasteiger partial charge is 0.192 e. The summed E-state index contributed by atoms with van der Waals surface area (Å²) in [6.07, 6.45) is 5.80. The second-order valence-corrected chi connectivity index (χ2v) is 40.8. The van der Waals surface area contributed by atoms with Crippen molar-refractivity contribution in [2.24, 2.45) is 11.8 Å². The van der Waals surface area contributed by atoms with E-state index >= 15 is 0 Å². The Bertz CT molecular complexity index is 1130. The summed E-state index contributed by atoms with van der Waals surface area (Å²) < 4.78 is 37.0. The van der Waals surface area contributed by atoms with Crippen LogP contribution in [0, 0.1) is 11.8 Å². The van der Waals surface area contributed by atoms with Crippen LogP contribution in [-0.2, 0) is 27.2 Å². The second-order valence-electron chi connectivity index (χ2n) is 21.1. The summed E-state index contributed by atoms with van der Waals surface area (Å²) in [4.78, 5) is 13.8. The highest BCUT2D eigenvalue weighted by Gasteiger charge is 2.46. The molecular formula is C42H87IO6Si4. The zero-order valence-electron chi connectivity index (χ0n) is 38.4. The fraction of sp³-hybridized carbons (Fsp3) is 0.929. The molecule has 0 aromatic heterocycles. The van der Waals surface area contributed by atoms with E-state index in [0.717, 1.165) is 37.4 Å². The highest BCUT2D eigenvalue weighted by Crippen LogP contribution is 2.42. The highest BCUT2D eigenvalue weighted by atomic mass is 127. The van der Waals surface area contributed by atoms with E-state index in [9.17, 15) is 4.79 Å². The lowest BCUT2D eigenvalue weighted by atomic mass is 9.90. The molecule has 0 radical (unpaired) electrons. The summed E-state index contributed by atoms with van der Waals surface area (Å²) in [5, 5.41) is 0.370. The van der Waals surface area contributed by atoms with Crippen molar-refractivity contribution in [3.8, 4) is 0 Å². The summed E-state index contributed by atoms with van der Waals surface area (Å²) in [7, 11) is -7.85. The Hall–Kier alpha value is 0.808. The SMILES string of the molecule is CC[Si](CC)(CC)O[C@H]1CC(CC[C@H](CO[Si](C)(C)C(C)(C)C)O[Si](C)(C)C(C)(C)C)OC1[C@@H](C)CC(=O)C[C@H](C)[C@@H](/C=C/I)O[Si](C)(C)C(C)(C)C. The van der Waals surface area contributed by atoms with Gasteiger partial charge >= 0.3 is 0 Å². The number of ketones is 1. The molecule has 1 heterocycles. The van der Waals surface area contributed by atoms with Gasteiger partial charge in [-0.3, -0.25) is 4.79 Å². The zero-order valence-corrected chi connectivity index (χ0v) is 44.5. The molecule has 0 aromatic rings. The van der Waals surface area contributed by atoms with Crippen molar-refractivity contribution in [2.45, 2.75) is 232 Å². The third-order valence-electron chi connectivity index (χ3n) is 13.8. The Balaban J connectivity index is 3.25. The predicted molar refractivity (Wildman–Crippen MR) is 248 cm³/mol. The van der Waals surface area contributed by atoms with Gasteiger partial charge in [0, 0.05) is 19.3 Å². The van der Waals surface area contributed by atoms with Gasteiger partial charge in [0.1, 0.15) is 5.78 Å². The van der Waals surface area contributed by atoms with Crippen molar-refractivity contribution in [1.29, 1.82) is 0 Å². The van der Waals surface area contributed by atoms with Crippen LogP contribution in [0.25, 0.3) is 0 Å². The first kappa shape index (κ1) is 51.8. The lowest BCUT2D eigenvalue weighted by Crippen LogP contribution is -2.48. The van der Waals surface area contributed by atoms with Crippen LogP contribution < -0.4 is 0 Å². The molecule has 0 spiro atoms. The molecule has 1 rings (SSSR count). The molecule has 0 aliphatic carbocycles. The molecule has 7 atom stereocenters. The summed E-state index contributed by atoms with van der Waals surface area (Å²) >= 11 is 2.27. The maximum Gasteiger partial charge on any atom is 0.192 e. The topological polar surface area (TPSA) is 63.2 Å². The standard InChI is InChI=1S/C42H87IO6Si4/c1-21-53(22-2,23-3)49-38-30-35(24-25-36(47-51(17,18)41(9,10)11)31-45-50(15,16)40(6,7)8)46-39(38)33(5)29-34(44)28-32(4)37(26-27-43)48-52(19,20)42(12,13)14/h26-27,32-33,35-39H,21-25,28-31H2,1-20H3/b27-26+/t32-,33-,35?,36+,37+,38-,39?/m0/s1. The third-order valence-corrected chi connectivity index (χ3v) is 32.4. The Kier molecular flexibility index (Phi) is 20.2. The maximum atomic E-state index is 13.8. The van der Waals surface area contributed by atoms with Crippen molar-refractivity contribution in [1.82, 2.24) is 0 Å². The van der Waals surface area contributed by atoms with Crippen LogP contribution in [0.5, 0.6) is 0 Å². The van der Waals surface area contributed by atoms with Gasteiger partial charge < -0.3 is 22.4 Å². The number of hydrogen-bond acceptors (Lipinski definition) is 6. The molecule has 1 aliphatic heterocycles. The molecule has 1 fully saturated rings. The number of carbonyl (C=O) groups excluding carboxylic acids is 1. The van der Waals surface area contributed by atoms with Gasteiger partial charge in [0.2, 0.25) is 0 Å². The average molecular weight is 927 g/mol. The lowest BCUT2D eigenvalue weighted by molar-refractivity contribution is -0.123. The zero-order chi connectivity index (χ0) is 41.4. The van der Waals surface area contributed by atoms with Crippen molar-refractivity contribution in [3.63, 3.8) is 0 Å². The van der Waals surface area contributed by atoms with Crippen molar-refractivity contribution < 1.29 is 27.2 Å². The number of hydrogen-bond donors (Lipinski definition) is 0. The van der Waals surface area contributed by atoms with Gasteiger partial charge in [-0.2, -0.15) is 0 Å². The molecule has 1 saturated heterocycles. The van der Waals surface area contributed by atoms with Gasteiger partial charge in [-0.1, -0.05) is 126 Å². The van der Waals surface area contributed by atoms with Crippen LogP contribution in [0.4, 0.5) is 0 Å². The van der Waals surface area contributed by atoms with E-state index in [-0.39, 0.29) is 63.3 Å². The van der Waals surface area contributed by atoms with Gasteiger partial charge in [0.05, 0.1) is 37.1 Å². The third kappa shape index (κ3) is 15.5. The average Bonchev–Trinajstić information content (AvgIpc) is 3.41. The fourth-order valence-electron chi connectivity index (χ4n) is 6.51. The van der Waals surface area contributed by atoms with Gasteiger partial charge in [-0.15, -0.1) is 0 Å². The molecule has 0 saturated carbocycles. The van der Waals surface area contributed by atoms with Gasteiger partial charge in [0.15, 0.2) is 33.3 Å². The van der Waals surface area contributed by atoms with Crippen molar-refractivity contribution >= 4 is 61.6 Å². The van der Waals surface area contributed by atoms with Crippen LogP contribution >= 0.6 is 22.6 Å². The molecule has 6 nitrogen and oxygen atoms in total. The van der Waals surface area contributed by atoms with Crippen molar-refractivity contribution in [2.75, 3.05) is 6.61 Å². The molecule has 0 bridgehead atoms. The molecule has 314 valence electrons. The van der Waals surface area contributed by atoms with Crippen molar-refractivity contribution in [3.05, 3.63) is 10.2 Å². The number of rotatable bonds is 22. The monoisotopic (exact) mass is 926 g/mol. The Morgan fingerprint density at radius 2 is 1.28 bits per heavy atom. The summed E-state index contributed by atoms with van der Waals surface area (Å²) in [5.74, 6) is 0.464. The minimum atomic E-state index is -2.02. The minimum absolute atomic E-state index is 0.0200. The molecule has 0 amide bonds. The number of carbonyl (C=O) groups is 1. The number of halogens is 1. The molecule has 0 aromatic carbocycles. The number of ether oxygens (including phenoxy) is 1. The van der Waals surface area contributed by atoms with Crippen LogP contribution in [0.1, 0.15) is 129 Å². The van der Waals surface area contributed by atoms with Gasteiger partial charge in [-0.05, 0) is 101 Å². The molecule has 1 aliphatic rings. The molecular weight excluding hydrogens is 840 g/mol. The minimum Gasteiger partial charge on any atom is -0.414 e. The maximum absolute atomic E-state index is 13.8. The van der Waals surface area contributed by atoms with Crippen LogP contribution in [-0.4, -0.2) is 76.2 Å². The first-order chi connectivity index (χ1) is 23.9. The van der Waals surface area contributed by atoms with E-state index in [1.54, 1.807) is 0 Å². The Morgan fingerprint density at radius 3 is 1.74 bits per heavy atom. The second kappa shape index (κ2) is 20.7. The predicted octanol–water partition coefficient (Wildman–Crippen LogP) is 13.7. The Labute approximate surface area is 347 Å². The first-order valence-corrected chi connectivity index (χ1v) is 33.5. The van der Waals surface area contributed by atoms with Crippen LogP contribution in [0.2, 0.25) is 72.5 Å². The van der Waals surface area contributed by atoms with E-state index in [1.807, 2.05) is 4.08 Å².